The number of nitro groups is 1. The molecule has 1 heterocycles. The van der Waals surface area contributed by atoms with Crippen LogP contribution in [0.15, 0.2) is 52.1 Å². The number of nitro benzene ring substituents is 1. The van der Waals surface area contributed by atoms with Crippen molar-refractivity contribution in [2.24, 2.45) is 0 Å². The molecule has 0 atom stereocenters. The smallest absolute Gasteiger partial charge is 0.337 e. The van der Waals surface area contributed by atoms with E-state index in [9.17, 15) is 24.5 Å². The van der Waals surface area contributed by atoms with Crippen LogP contribution < -0.4 is 5.32 Å². The van der Waals surface area contributed by atoms with Gasteiger partial charge in [-0.3, -0.25) is 14.9 Å². The van der Waals surface area contributed by atoms with E-state index in [1.807, 2.05) is 0 Å². The molecule has 1 aromatic heterocycles. The normalized spacial score (nSPS) is 10.4. The molecule has 13 heteroatoms. The maximum absolute atomic E-state index is 12.3. The van der Waals surface area contributed by atoms with E-state index >= 15 is 0 Å². The summed E-state index contributed by atoms with van der Waals surface area (Å²) in [5.74, 6) is -1.81. The van der Waals surface area contributed by atoms with Crippen molar-refractivity contribution < 1.29 is 33.2 Å². The summed E-state index contributed by atoms with van der Waals surface area (Å²) in [6.07, 6.45) is 0. The molecule has 0 bridgehead atoms. The molecule has 1 amide bonds. The maximum atomic E-state index is 12.3. The third kappa shape index (κ3) is 5.92. The van der Waals surface area contributed by atoms with Crippen molar-refractivity contribution in [2.45, 2.75) is 5.22 Å². The van der Waals surface area contributed by atoms with Crippen molar-refractivity contribution in [1.29, 1.82) is 0 Å². The van der Waals surface area contributed by atoms with E-state index in [-0.39, 0.29) is 39.4 Å². The van der Waals surface area contributed by atoms with E-state index in [0.717, 1.165) is 11.8 Å². The Bertz CT molecular complexity index is 1170. The van der Waals surface area contributed by atoms with Crippen LogP contribution in [0.25, 0.3) is 11.5 Å². The second-order valence-corrected chi connectivity index (χ2v) is 7.22. The second-order valence-electron chi connectivity index (χ2n) is 6.30. The monoisotopic (exact) mass is 472 g/mol. The predicted octanol–water partition coefficient (Wildman–Crippen LogP) is 2.95. The Morgan fingerprint density at radius 2 is 1.64 bits per heavy atom. The van der Waals surface area contributed by atoms with Gasteiger partial charge in [0.2, 0.25) is 11.8 Å². The highest BCUT2D eigenvalue weighted by Gasteiger charge is 2.16. The van der Waals surface area contributed by atoms with Gasteiger partial charge in [0.15, 0.2) is 0 Å². The number of carbonyl (C=O) groups is 3. The number of nitrogens with one attached hydrogen (secondary N) is 1. The largest absolute Gasteiger partial charge is 0.465 e. The lowest BCUT2D eigenvalue weighted by atomic mass is 10.1. The number of anilines is 1. The number of hydrogen-bond donors (Lipinski definition) is 1. The van der Waals surface area contributed by atoms with Gasteiger partial charge in [-0.15, -0.1) is 10.2 Å². The fourth-order valence-corrected chi connectivity index (χ4v) is 3.17. The Kier molecular flexibility index (Phi) is 7.35. The number of esters is 2. The van der Waals surface area contributed by atoms with Gasteiger partial charge in [0.1, 0.15) is 0 Å². The number of aromatic nitrogens is 2. The predicted molar refractivity (Wildman–Crippen MR) is 115 cm³/mol. The fraction of sp³-hybridized carbons (Fsp3) is 0.150. The molecule has 0 aliphatic rings. The molecule has 0 fully saturated rings. The molecule has 0 unspecified atom stereocenters. The summed E-state index contributed by atoms with van der Waals surface area (Å²) < 4.78 is 14.8. The number of carbonyl (C=O) groups excluding carboxylic acids is 3. The molecule has 0 spiro atoms. The minimum absolute atomic E-state index is 0.0630. The first-order valence-corrected chi connectivity index (χ1v) is 10.1. The number of thioether (sulfide) groups is 1. The lowest BCUT2D eigenvalue weighted by Crippen LogP contribution is -2.16. The zero-order chi connectivity index (χ0) is 24.0. The standard InChI is InChI=1S/C20H16N4O8S/c1-30-18(26)12-7-13(19(27)31-2)9-14(8-12)21-16(25)10-33-20-23-22-17(32-20)11-3-5-15(6-4-11)24(28)29/h3-9H,10H2,1-2H3,(H,21,25). The molecule has 170 valence electrons. The molecule has 0 radical (unpaired) electrons. The van der Waals surface area contributed by atoms with Crippen LogP contribution in [0.1, 0.15) is 20.7 Å². The Morgan fingerprint density at radius 1 is 1.03 bits per heavy atom. The third-order valence-corrected chi connectivity index (χ3v) is 4.94. The number of non-ortho nitro benzene ring substituents is 1. The zero-order valence-corrected chi connectivity index (χ0v) is 18.1. The van der Waals surface area contributed by atoms with Crippen LogP contribution in [0.2, 0.25) is 0 Å². The molecule has 12 nitrogen and oxygen atoms in total. The van der Waals surface area contributed by atoms with E-state index in [0.29, 0.717) is 5.56 Å². The zero-order valence-electron chi connectivity index (χ0n) is 17.3. The maximum Gasteiger partial charge on any atom is 0.337 e. The van der Waals surface area contributed by atoms with E-state index < -0.39 is 22.8 Å². The third-order valence-electron chi connectivity index (χ3n) is 4.12. The molecule has 0 aliphatic heterocycles. The summed E-state index contributed by atoms with van der Waals surface area (Å²) in [4.78, 5) is 46.2. The number of rotatable bonds is 8. The lowest BCUT2D eigenvalue weighted by molar-refractivity contribution is -0.384. The lowest BCUT2D eigenvalue weighted by Gasteiger charge is -2.09. The molecule has 1 N–H and O–H groups in total. The minimum Gasteiger partial charge on any atom is -0.465 e. The molecule has 33 heavy (non-hydrogen) atoms. The highest BCUT2D eigenvalue weighted by molar-refractivity contribution is 7.99. The van der Waals surface area contributed by atoms with Gasteiger partial charge in [0, 0.05) is 23.4 Å². The van der Waals surface area contributed by atoms with E-state index in [1.165, 1.54) is 56.7 Å². The van der Waals surface area contributed by atoms with Crippen molar-refractivity contribution in [3.63, 3.8) is 0 Å². The molecule has 3 rings (SSSR count). The Morgan fingerprint density at radius 3 is 2.18 bits per heavy atom. The van der Waals surface area contributed by atoms with Gasteiger partial charge in [0.25, 0.3) is 10.9 Å². The first kappa shape index (κ1) is 23.4. The van der Waals surface area contributed by atoms with Crippen molar-refractivity contribution in [2.75, 3.05) is 25.3 Å². The highest BCUT2D eigenvalue weighted by Crippen LogP contribution is 2.25. The van der Waals surface area contributed by atoms with Crippen LogP contribution in [0.5, 0.6) is 0 Å². The molecule has 0 aliphatic carbocycles. The van der Waals surface area contributed by atoms with Crippen LogP contribution in [0.3, 0.4) is 0 Å². The molecule has 2 aromatic carbocycles. The number of amides is 1. The summed E-state index contributed by atoms with van der Waals surface area (Å²) in [5, 5.41) is 21.1. The minimum atomic E-state index is -0.685. The Balaban J connectivity index is 1.65. The molecular formula is C20H16N4O8S. The first-order valence-electron chi connectivity index (χ1n) is 9.13. The summed E-state index contributed by atoms with van der Waals surface area (Å²) in [7, 11) is 2.38. The highest BCUT2D eigenvalue weighted by atomic mass is 32.2. The van der Waals surface area contributed by atoms with Crippen molar-refractivity contribution >= 4 is 41.0 Å². The molecule has 0 saturated heterocycles. The van der Waals surface area contributed by atoms with Crippen molar-refractivity contribution in [3.8, 4) is 11.5 Å². The van der Waals surface area contributed by atoms with Gasteiger partial charge in [-0.1, -0.05) is 11.8 Å². The summed E-state index contributed by atoms with van der Waals surface area (Å²) >= 11 is 0.958. The van der Waals surface area contributed by atoms with Crippen LogP contribution in [0.4, 0.5) is 11.4 Å². The quantitative estimate of drug-likeness (QED) is 0.222. The van der Waals surface area contributed by atoms with Gasteiger partial charge in [-0.05, 0) is 30.3 Å². The summed E-state index contributed by atoms with van der Waals surface area (Å²) in [6, 6.07) is 9.58. The Hall–Kier alpha value is -4.26. The van der Waals surface area contributed by atoms with Crippen LogP contribution in [0, 0.1) is 10.1 Å². The van der Waals surface area contributed by atoms with Gasteiger partial charge in [0.05, 0.1) is 36.0 Å². The van der Waals surface area contributed by atoms with Gasteiger partial charge in [-0.2, -0.15) is 0 Å². The van der Waals surface area contributed by atoms with Crippen LogP contribution in [-0.2, 0) is 14.3 Å². The number of benzene rings is 2. The topological polar surface area (TPSA) is 164 Å². The number of ether oxygens (including phenoxy) is 2. The molecular weight excluding hydrogens is 456 g/mol. The van der Waals surface area contributed by atoms with Crippen molar-refractivity contribution in [1.82, 2.24) is 10.2 Å². The number of hydrogen-bond acceptors (Lipinski definition) is 11. The summed E-state index contributed by atoms with van der Waals surface area (Å²) in [5.41, 5.74) is 0.734. The first-order chi connectivity index (χ1) is 15.8. The van der Waals surface area contributed by atoms with E-state index in [2.05, 4.69) is 25.0 Å². The van der Waals surface area contributed by atoms with E-state index in [4.69, 9.17) is 4.42 Å². The van der Waals surface area contributed by atoms with E-state index in [1.54, 1.807) is 0 Å². The number of nitrogens with zero attached hydrogens (tertiary/aromatic N) is 3. The van der Waals surface area contributed by atoms with Gasteiger partial charge >= 0.3 is 11.9 Å². The average molecular weight is 472 g/mol. The molecule has 0 saturated carbocycles. The van der Waals surface area contributed by atoms with Crippen molar-refractivity contribution in [3.05, 3.63) is 63.7 Å². The fourth-order valence-electron chi connectivity index (χ4n) is 2.61. The average Bonchev–Trinajstić information content (AvgIpc) is 3.30. The van der Waals surface area contributed by atoms with Gasteiger partial charge < -0.3 is 19.2 Å². The Labute approximate surface area is 190 Å². The SMILES string of the molecule is COC(=O)c1cc(NC(=O)CSc2nnc(-c3ccc([N+](=O)[O-])cc3)o2)cc(C(=O)OC)c1. The summed E-state index contributed by atoms with van der Waals surface area (Å²) in [6.45, 7) is 0. The molecule has 3 aromatic rings. The van der Waals surface area contributed by atoms with Gasteiger partial charge in [-0.25, -0.2) is 9.59 Å². The number of methoxy groups -OCH3 is 2. The second kappa shape index (κ2) is 10.4. The van der Waals surface area contributed by atoms with Crippen LogP contribution >= 0.6 is 11.8 Å². The van der Waals surface area contributed by atoms with Crippen LogP contribution in [-0.4, -0.2) is 52.9 Å².